The molecule has 1 aromatic heterocycles. The molecule has 96 valence electrons. The maximum absolute atomic E-state index is 9.13. The molecule has 0 bridgehead atoms. The Hall–Kier alpha value is -1.58. The molecule has 18 heavy (non-hydrogen) atoms. The number of aryl methyl sites for hydroxylation is 1. The molecule has 0 fully saturated rings. The van der Waals surface area contributed by atoms with Gasteiger partial charge < -0.3 is 15.0 Å². The fraction of sp³-hybridized carbons (Fsp3) is 0.333. The molecular formula is C15H20N2O. The minimum Gasteiger partial charge on any atom is -0.392 e. The Balaban J connectivity index is 1.96. The molecule has 0 spiro atoms. The van der Waals surface area contributed by atoms with Crippen LogP contribution in [0, 0.1) is 0 Å². The Bertz CT molecular complexity index is 505. The van der Waals surface area contributed by atoms with Crippen LogP contribution >= 0.6 is 0 Å². The number of aliphatic hydroxyl groups excluding tert-OH is 1. The van der Waals surface area contributed by atoms with E-state index in [0.29, 0.717) is 0 Å². The van der Waals surface area contributed by atoms with E-state index in [1.165, 1.54) is 11.1 Å². The third-order valence-electron chi connectivity index (χ3n) is 3.14. The lowest BCUT2D eigenvalue weighted by molar-refractivity contribution is 0.281. The van der Waals surface area contributed by atoms with Crippen molar-refractivity contribution in [1.82, 2.24) is 9.88 Å². The van der Waals surface area contributed by atoms with E-state index >= 15 is 0 Å². The zero-order valence-electron chi connectivity index (χ0n) is 10.9. The van der Waals surface area contributed by atoms with Crippen LogP contribution in [0.3, 0.4) is 0 Å². The summed E-state index contributed by atoms with van der Waals surface area (Å²) in [4.78, 5) is 0. The lowest BCUT2D eigenvalue weighted by Gasteiger charge is -2.14. The van der Waals surface area contributed by atoms with Crippen LogP contribution in [0.1, 0.15) is 29.7 Å². The fourth-order valence-electron chi connectivity index (χ4n) is 2.02. The van der Waals surface area contributed by atoms with Crippen molar-refractivity contribution in [2.45, 2.75) is 26.1 Å². The number of aromatic nitrogens is 1. The first-order valence-electron chi connectivity index (χ1n) is 6.23. The highest BCUT2D eigenvalue weighted by Crippen LogP contribution is 2.15. The second kappa shape index (κ2) is 5.85. The van der Waals surface area contributed by atoms with Gasteiger partial charge in [0, 0.05) is 32.0 Å². The summed E-state index contributed by atoms with van der Waals surface area (Å²) in [6.07, 6.45) is 4.16. The van der Waals surface area contributed by atoms with E-state index in [1.807, 2.05) is 36.0 Å². The molecule has 1 heterocycles. The molecule has 0 aliphatic rings. The van der Waals surface area contributed by atoms with Gasteiger partial charge in [-0.25, -0.2) is 0 Å². The van der Waals surface area contributed by atoms with Gasteiger partial charge in [-0.3, -0.25) is 0 Å². The quantitative estimate of drug-likeness (QED) is 0.847. The fourth-order valence-corrected chi connectivity index (χ4v) is 2.02. The van der Waals surface area contributed by atoms with E-state index < -0.39 is 0 Å². The van der Waals surface area contributed by atoms with E-state index in [1.54, 1.807) is 0 Å². The Labute approximate surface area is 108 Å². The van der Waals surface area contributed by atoms with Crippen LogP contribution in [0.2, 0.25) is 0 Å². The second-order valence-electron chi connectivity index (χ2n) is 4.69. The minimum absolute atomic E-state index is 0.0965. The SMILES string of the molecule is CC(NCc1ccn(C)c1)c1cccc(CO)c1. The average Bonchev–Trinajstić information content (AvgIpc) is 2.82. The maximum Gasteiger partial charge on any atom is 0.0681 e. The highest BCUT2D eigenvalue weighted by molar-refractivity contribution is 5.25. The van der Waals surface area contributed by atoms with Crippen molar-refractivity contribution in [1.29, 1.82) is 0 Å². The largest absolute Gasteiger partial charge is 0.392 e. The molecule has 1 aromatic carbocycles. The molecule has 0 aliphatic carbocycles. The molecule has 3 heteroatoms. The van der Waals surface area contributed by atoms with Gasteiger partial charge in [0.1, 0.15) is 0 Å². The summed E-state index contributed by atoms with van der Waals surface area (Å²) < 4.78 is 2.05. The first-order chi connectivity index (χ1) is 8.69. The number of hydrogen-bond acceptors (Lipinski definition) is 2. The first-order valence-corrected chi connectivity index (χ1v) is 6.23. The van der Waals surface area contributed by atoms with Crippen molar-refractivity contribution < 1.29 is 5.11 Å². The van der Waals surface area contributed by atoms with Crippen LogP contribution in [-0.4, -0.2) is 9.67 Å². The molecule has 0 saturated heterocycles. The predicted octanol–water partition coefficient (Wildman–Crippen LogP) is 2.37. The summed E-state index contributed by atoms with van der Waals surface area (Å²) in [6.45, 7) is 3.09. The summed E-state index contributed by atoms with van der Waals surface area (Å²) in [7, 11) is 2.03. The van der Waals surface area contributed by atoms with Gasteiger partial charge in [-0.05, 0) is 29.7 Å². The minimum atomic E-state index is 0.0965. The summed E-state index contributed by atoms with van der Waals surface area (Å²) >= 11 is 0. The van der Waals surface area contributed by atoms with E-state index in [4.69, 9.17) is 5.11 Å². The van der Waals surface area contributed by atoms with E-state index in [2.05, 4.69) is 30.6 Å². The van der Waals surface area contributed by atoms with Crippen molar-refractivity contribution in [3.63, 3.8) is 0 Å². The van der Waals surface area contributed by atoms with Crippen molar-refractivity contribution in [3.05, 3.63) is 59.4 Å². The van der Waals surface area contributed by atoms with Crippen molar-refractivity contribution in [3.8, 4) is 0 Å². The normalized spacial score (nSPS) is 12.6. The van der Waals surface area contributed by atoms with Crippen LogP contribution in [-0.2, 0) is 20.2 Å². The Morgan fingerprint density at radius 1 is 1.28 bits per heavy atom. The predicted molar refractivity (Wildman–Crippen MR) is 73.0 cm³/mol. The molecule has 2 N–H and O–H groups in total. The monoisotopic (exact) mass is 244 g/mol. The maximum atomic E-state index is 9.13. The summed E-state index contributed by atoms with van der Waals surface area (Å²) in [5.74, 6) is 0. The van der Waals surface area contributed by atoms with Gasteiger partial charge in [-0.2, -0.15) is 0 Å². The highest BCUT2D eigenvalue weighted by atomic mass is 16.3. The Morgan fingerprint density at radius 2 is 2.11 bits per heavy atom. The highest BCUT2D eigenvalue weighted by Gasteiger charge is 2.05. The number of hydrogen-bond donors (Lipinski definition) is 2. The molecule has 1 atom stereocenters. The lowest BCUT2D eigenvalue weighted by atomic mass is 10.1. The topological polar surface area (TPSA) is 37.2 Å². The second-order valence-corrected chi connectivity index (χ2v) is 4.69. The molecule has 3 nitrogen and oxygen atoms in total. The molecule has 2 aromatic rings. The third kappa shape index (κ3) is 3.22. The van der Waals surface area contributed by atoms with Crippen LogP contribution in [0.4, 0.5) is 0 Å². The smallest absolute Gasteiger partial charge is 0.0681 e. The molecule has 1 unspecified atom stereocenters. The lowest BCUT2D eigenvalue weighted by Crippen LogP contribution is -2.17. The molecule has 0 radical (unpaired) electrons. The summed E-state index contributed by atoms with van der Waals surface area (Å²) in [5.41, 5.74) is 3.45. The van der Waals surface area contributed by atoms with Crippen LogP contribution < -0.4 is 5.32 Å². The van der Waals surface area contributed by atoms with Gasteiger partial charge in [-0.1, -0.05) is 24.3 Å². The number of benzene rings is 1. The van der Waals surface area contributed by atoms with E-state index in [-0.39, 0.29) is 12.6 Å². The number of aliphatic hydroxyl groups is 1. The van der Waals surface area contributed by atoms with Gasteiger partial charge >= 0.3 is 0 Å². The van der Waals surface area contributed by atoms with E-state index in [9.17, 15) is 0 Å². The van der Waals surface area contributed by atoms with Crippen molar-refractivity contribution in [2.75, 3.05) is 0 Å². The van der Waals surface area contributed by atoms with Crippen LogP contribution in [0.25, 0.3) is 0 Å². The first kappa shape index (κ1) is 12.9. The number of rotatable bonds is 5. The average molecular weight is 244 g/mol. The summed E-state index contributed by atoms with van der Waals surface area (Å²) in [6, 6.07) is 10.4. The van der Waals surface area contributed by atoms with Gasteiger partial charge in [0.25, 0.3) is 0 Å². The van der Waals surface area contributed by atoms with Crippen LogP contribution in [0.5, 0.6) is 0 Å². The van der Waals surface area contributed by atoms with Gasteiger partial charge in [0.05, 0.1) is 6.61 Å². The molecule has 2 rings (SSSR count). The molecule has 0 aliphatic heterocycles. The zero-order valence-corrected chi connectivity index (χ0v) is 10.9. The molecule has 0 amide bonds. The molecule has 0 saturated carbocycles. The van der Waals surface area contributed by atoms with Crippen molar-refractivity contribution >= 4 is 0 Å². The third-order valence-corrected chi connectivity index (χ3v) is 3.14. The van der Waals surface area contributed by atoms with Gasteiger partial charge in [0.2, 0.25) is 0 Å². The van der Waals surface area contributed by atoms with Crippen molar-refractivity contribution in [2.24, 2.45) is 7.05 Å². The summed E-state index contributed by atoms with van der Waals surface area (Å²) in [5, 5.41) is 12.6. The van der Waals surface area contributed by atoms with E-state index in [0.717, 1.165) is 12.1 Å². The van der Waals surface area contributed by atoms with Gasteiger partial charge in [-0.15, -0.1) is 0 Å². The number of nitrogens with zero attached hydrogens (tertiary/aromatic N) is 1. The number of nitrogens with one attached hydrogen (secondary N) is 1. The zero-order chi connectivity index (χ0) is 13.0. The van der Waals surface area contributed by atoms with Crippen LogP contribution in [0.15, 0.2) is 42.7 Å². The standard InChI is InChI=1S/C15H20N2O/c1-12(15-5-3-4-13(8-15)11-18)16-9-14-6-7-17(2)10-14/h3-8,10,12,16,18H,9,11H2,1-2H3. The molecular weight excluding hydrogens is 224 g/mol. The van der Waals surface area contributed by atoms with Gasteiger partial charge in [0.15, 0.2) is 0 Å². The Morgan fingerprint density at radius 3 is 2.78 bits per heavy atom. The Kier molecular flexibility index (Phi) is 4.18.